The molecule has 106 valence electrons. The molecule has 1 saturated carbocycles. The average molecular weight is 253 g/mol. The van der Waals surface area contributed by atoms with E-state index >= 15 is 0 Å². The summed E-state index contributed by atoms with van der Waals surface area (Å²) in [4.78, 5) is 5.23. The minimum atomic E-state index is 0.763. The molecule has 1 saturated heterocycles. The van der Waals surface area contributed by atoms with Crippen LogP contribution < -0.4 is 5.32 Å². The molecule has 1 N–H and O–H groups in total. The largest absolute Gasteiger partial charge is 0.313 e. The van der Waals surface area contributed by atoms with Crippen LogP contribution in [0.15, 0.2) is 0 Å². The standard InChI is InChI=1S/C15H31N3/c1-3-17-11-5-6-14(9-12-17)16-10-13-18(4-2)15-7-8-15/h14-16H,3-13H2,1-2H3. The molecule has 1 aliphatic carbocycles. The molecule has 0 aromatic carbocycles. The van der Waals surface area contributed by atoms with Gasteiger partial charge < -0.3 is 10.2 Å². The van der Waals surface area contributed by atoms with Gasteiger partial charge in [0.2, 0.25) is 0 Å². The average Bonchev–Trinajstić information content (AvgIpc) is 3.21. The zero-order chi connectivity index (χ0) is 12.8. The summed E-state index contributed by atoms with van der Waals surface area (Å²) in [5.41, 5.74) is 0. The van der Waals surface area contributed by atoms with Crippen LogP contribution >= 0.6 is 0 Å². The van der Waals surface area contributed by atoms with Gasteiger partial charge in [-0.3, -0.25) is 4.90 Å². The summed E-state index contributed by atoms with van der Waals surface area (Å²) in [6.07, 6.45) is 6.94. The van der Waals surface area contributed by atoms with Gasteiger partial charge in [-0.1, -0.05) is 13.8 Å². The van der Waals surface area contributed by atoms with E-state index in [1.807, 2.05) is 0 Å². The van der Waals surface area contributed by atoms with Crippen LogP contribution in [-0.2, 0) is 0 Å². The first-order chi connectivity index (χ1) is 8.83. The lowest BCUT2D eigenvalue weighted by atomic mass is 10.1. The molecule has 0 aromatic rings. The minimum Gasteiger partial charge on any atom is -0.313 e. The van der Waals surface area contributed by atoms with Crippen molar-refractivity contribution in [1.82, 2.24) is 15.1 Å². The van der Waals surface area contributed by atoms with Crippen LogP contribution in [0.25, 0.3) is 0 Å². The number of likely N-dealkylation sites (N-methyl/N-ethyl adjacent to an activating group) is 1. The first-order valence-corrected chi connectivity index (χ1v) is 8.03. The van der Waals surface area contributed by atoms with Gasteiger partial charge in [-0.2, -0.15) is 0 Å². The van der Waals surface area contributed by atoms with E-state index in [1.54, 1.807) is 0 Å². The molecule has 0 amide bonds. The summed E-state index contributed by atoms with van der Waals surface area (Å²) in [6, 6.07) is 1.68. The van der Waals surface area contributed by atoms with E-state index in [2.05, 4.69) is 29.0 Å². The van der Waals surface area contributed by atoms with Gasteiger partial charge in [0, 0.05) is 25.2 Å². The fourth-order valence-corrected chi connectivity index (χ4v) is 3.13. The summed E-state index contributed by atoms with van der Waals surface area (Å²) in [5.74, 6) is 0. The van der Waals surface area contributed by atoms with E-state index in [0.717, 1.165) is 12.1 Å². The van der Waals surface area contributed by atoms with Crippen molar-refractivity contribution in [2.75, 3.05) is 39.3 Å². The summed E-state index contributed by atoms with van der Waals surface area (Å²) >= 11 is 0. The summed E-state index contributed by atoms with van der Waals surface area (Å²) in [7, 11) is 0. The third kappa shape index (κ3) is 4.52. The van der Waals surface area contributed by atoms with Gasteiger partial charge in [-0.25, -0.2) is 0 Å². The third-order valence-electron chi connectivity index (χ3n) is 4.57. The van der Waals surface area contributed by atoms with Gasteiger partial charge >= 0.3 is 0 Å². The second kappa shape index (κ2) is 7.46. The molecule has 1 unspecified atom stereocenters. The predicted octanol–water partition coefficient (Wildman–Crippen LogP) is 1.93. The van der Waals surface area contributed by atoms with Crippen LogP contribution in [0.4, 0.5) is 0 Å². The van der Waals surface area contributed by atoms with Crippen LogP contribution in [0, 0.1) is 0 Å². The maximum Gasteiger partial charge on any atom is 0.0110 e. The Morgan fingerprint density at radius 2 is 1.94 bits per heavy atom. The molecule has 1 heterocycles. The summed E-state index contributed by atoms with van der Waals surface area (Å²) in [5, 5.41) is 3.79. The monoisotopic (exact) mass is 253 g/mol. The lowest BCUT2D eigenvalue weighted by Gasteiger charge is -2.23. The van der Waals surface area contributed by atoms with E-state index in [9.17, 15) is 0 Å². The Morgan fingerprint density at radius 1 is 1.11 bits per heavy atom. The highest BCUT2D eigenvalue weighted by molar-refractivity contribution is 4.84. The number of nitrogens with one attached hydrogen (secondary N) is 1. The summed E-state index contributed by atoms with van der Waals surface area (Å²) < 4.78 is 0. The number of rotatable bonds is 7. The summed E-state index contributed by atoms with van der Waals surface area (Å²) in [6.45, 7) is 12.0. The smallest absolute Gasteiger partial charge is 0.0110 e. The molecule has 0 bridgehead atoms. The molecule has 3 nitrogen and oxygen atoms in total. The first-order valence-electron chi connectivity index (χ1n) is 8.03. The zero-order valence-electron chi connectivity index (χ0n) is 12.3. The molecule has 1 atom stereocenters. The van der Waals surface area contributed by atoms with Crippen molar-refractivity contribution < 1.29 is 0 Å². The highest BCUT2D eigenvalue weighted by atomic mass is 15.2. The lowest BCUT2D eigenvalue weighted by Crippen LogP contribution is -2.38. The van der Waals surface area contributed by atoms with Gasteiger partial charge in [0.15, 0.2) is 0 Å². The van der Waals surface area contributed by atoms with Crippen molar-refractivity contribution in [3.05, 3.63) is 0 Å². The Labute approximate surface area is 113 Å². The fraction of sp³-hybridized carbons (Fsp3) is 1.00. The van der Waals surface area contributed by atoms with Crippen molar-refractivity contribution in [3.8, 4) is 0 Å². The number of hydrogen-bond acceptors (Lipinski definition) is 3. The Balaban J connectivity index is 1.60. The van der Waals surface area contributed by atoms with E-state index in [1.165, 1.54) is 71.4 Å². The SMILES string of the molecule is CCN1CCCC(NCCN(CC)C2CC2)CC1. The Bertz CT molecular complexity index is 228. The van der Waals surface area contributed by atoms with Crippen molar-refractivity contribution in [1.29, 1.82) is 0 Å². The third-order valence-corrected chi connectivity index (χ3v) is 4.57. The molecule has 2 fully saturated rings. The maximum absolute atomic E-state index is 3.79. The number of hydrogen-bond donors (Lipinski definition) is 1. The highest BCUT2D eigenvalue weighted by Crippen LogP contribution is 2.25. The van der Waals surface area contributed by atoms with Gasteiger partial charge in [-0.15, -0.1) is 0 Å². The highest BCUT2D eigenvalue weighted by Gasteiger charge is 2.27. The topological polar surface area (TPSA) is 18.5 Å². The Kier molecular flexibility index (Phi) is 5.93. The number of likely N-dealkylation sites (tertiary alicyclic amines) is 1. The van der Waals surface area contributed by atoms with Crippen molar-refractivity contribution in [2.45, 2.75) is 58.0 Å². The normalized spacial score (nSPS) is 26.5. The zero-order valence-corrected chi connectivity index (χ0v) is 12.3. The van der Waals surface area contributed by atoms with Crippen LogP contribution in [0.1, 0.15) is 46.0 Å². The second-order valence-corrected chi connectivity index (χ2v) is 5.88. The van der Waals surface area contributed by atoms with Crippen LogP contribution in [-0.4, -0.2) is 61.2 Å². The van der Waals surface area contributed by atoms with Crippen molar-refractivity contribution in [2.24, 2.45) is 0 Å². The molecule has 0 spiro atoms. The maximum atomic E-state index is 3.79. The molecule has 0 radical (unpaired) electrons. The van der Waals surface area contributed by atoms with E-state index in [-0.39, 0.29) is 0 Å². The molecule has 18 heavy (non-hydrogen) atoms. The van der Waals surface area contributed by atoms with Gasteiger partial charge in [0.1, 0.15) is 0 Å². The van der Waals surface area contributed by atoms with Crippen LogP contribution in [0.3, 0.4) is 0 Å². The van der Waals surface area contributed by atoms with Crippen molar-refractivity contribution in [3.63, 3.8) is 0 Å². The first kappa shape index (κ1) is 14.3. The molecule has 3 heteroatoms. The lowest BCUT2D eigenvalue weighted by molar-refractivity contribution is 0.267. The van der Waals surface area contributed by atoms with Crippen molar-refractivity contribution >= 4 is 0 Å². The second-order valence-electron chi connectivity index (χ2n) is 5.88. The molecule has 0 aromatic heterocycles. The fourth-order valence-electron chi connectivity index (χ4n) is 3.13. The molecule has 2 rings (SSSR count). The molecule has 2 aliphatic rings. The Hall–Kier alpha value is -0.120. The van der Waals surface area contributed by atoms with Gasteiger partial charge in [0.25, 0.3) is 0 Å². The van der Waals surface area contributed by atoms with Gasteiger partial charge in [0.05, 0.1) is 0 Å². The Morgan fingerprint density at radius 3 is 2.61 bits per heavy atom. The van der Waals surface area contributed by atoms with Gasteiger partial charge in [-0.05, 0) is 58.3 Å². The van der Waals surface area contributed by atoms with E-state index in [0.29, 0.717) is 0 Å². The quantitative estimate of drug-likeness (QED) is 0.748. The van der Waals surface area contributed by atoms with E-state index < -0.39 is 0 Å². The van der Waals surface area contributed by atoms with Crippen LogP contribution in [0.2, 0.25) is 0 Å². The molecular weight excluding hydrogens is 222 g/mol. The van der Waals surface area contributed by atoms with E-state index in [4.69, 9.17) is 0 Å². The molecule has 1 aliphatic heterocycles. The number of nitrogens with zero attached hydrogens (tertiary/aromatic N) is 2. The predicted molar refractivity (Wildman–Crippen MR) is 78.0 cm³/mol. The van der Waals surface area contributed by atoms with Crippen LogP contribution in [0.5, 0.6) is 0 Å². The molecular formula is C15H31N3. The minimum absolute atomic E-state index is 0.763.